The second kappa shape index (κ2) is 6.96. The highest BCUT2D eigenvalue weighted by atomic mass is 32.1. The van der Waals surface area contributed by atoms with Gasteiger partial charge in [0.2, 0.25) is 0 Å². The van der Waals surface area contributed by atoms with Gasteiger partial charge in [-0.3, -0.25) is 0 Å². The maximum Gasteiger partial charge on any atom is 0.155 e. The Labute approximate surface area is 124 Å². The third-order valence-electron chi connectivity index (χ3n) is 3.17. The van der Waals surface area contributed by atoms with Gasteiger partial charge >= 0.3 is 0 Å². The summed E-state index contributed by atoms with van der Waals surface area (Å²) >= 11 is 4.96. The van der Waals surface area contributed by atoms with Gasteiger partial charge in [0.1, 0.15) is 10.7 Å². The summed E-state index contributed by atoms with van der Waals surface area (Å²) in [5.41, 5.74) is 7.51. The zero-order valence-electron chi connectivity index (χ0n) is 11.4. The Bertz CT molecular complexity index is 571. The molecular formula is C15H18N4S. The lowest BCUT2D eigenvalue weighted by Gasteiger charge is -2.13. The molecule has 0 aliphatic heterocycles. The fourth-order valence-electron chi connectivity index (χ4n) is 2.00. The molecule has 3 N–H and O–H groups in total. The average molecular weight is 286 g/mol. The first kappa shape index (κ1) is 14.4. The fraction of sp³-hybridized carbons (Fsp3) is 0.267. The van der Waals surface area contributed by atoms with Crippen molar-refractivity contribution in [2.24, 2.45) is 5.73 Å². The first-order chi connectivity index (χ1) is 9.68. The lowest BCUT2D eigenvalue weighted by Crippen LogP contribution is -2.17. The normalized spacial score (nSPS) is 11.8. The van der Waals surface area contributed by atoms with Gasteiger partial charge in [-0.05, 0) is 17.9 Å². The van der Waals surface area contributed by atoms with Crippen LogP contribution in [0, 0.1) is 0 Å². The molecule has 2 rings (SSSR count). The van der Waals surface area contributed by atoms with Gasteiger partial charge in [0, 0.05) is 18.9 Å². The summed E-state index contributed by atoms with van der Waals surface area (Å²) in [7, 11) is 0. The number of nitrogens with one attached hydrogen (secondary N) is 1. The van der Waals surface area contributed by atoms with Crippen molar-refractivity contribution in [1.82, 2.24) is 9.97 Å². The molecule has 0 spiro atoms. The Morgan fingerprint density at radius 1 is 1.25 bits per heavy atom. The quantitative estimate of drug-likeness (QED) is 0.799. The van der Waals surface area contributed by atoms with E-state index >= 15 is 0 Å². The van der Waals surface area contributed by atoms with Crippen molar-refractivity contribution in [3.63, 3.8) is 0 Å². The molecule has 0 saturated carbocycles. The van der Waals surface area contributed by atoms with Crippen molar-refractivity contribution in [2.45, 2.75) is 19.3 Å². The standard InChI is InChI=1S/C15H18N4S/c1-11(12-5-3-2-4-6-12)7-8-18-15-13(14(16)20)17-9-10-19-15/h2-6,9-11H,7-8H2,1H3,(H2,16,20)(H,18,19). The van der Waals surface area contributed by atoms with Gasteiger partial charge in [0.05, 0.1) is 0 Å². The summed E-state index contributed by atoms with van der Waals surface area (Å²) in [4.78, 5) is 8.63. The monoisotopic (exact) mass is 286 g/mol. The molecule has 1 aromatic carbocycles. The number of nitrogens with two attached hydrogens (primary N) is 1. The highest BCUT2D eigenvalue weighted by molar-refractivity contribution is 7.80. The number of nitrogens with zero attached hydrogens (tertiary/aromatic N) is 2. The van der Waals surface area contributed by atoms with Crippen LogP contribution in [0.5, 0.6) is 0 Å². The van der Waals surface area contributed by atoms with E-state index in [9.17, 15) is 0 Å². The summed E-state index contributed by atoms with van der Waals surface area (Å²) in [5.74, 6) is 1.13. The van der Waals surface area contributed by atoms with Crippen molar-refractivity contribution in [3.8, 4) is 0 Å². The minimum atomic E-state index is 0.261. The van der Waals surface area contributed by atoms with E-state index in [0.29, 0.717) is 17.4 Å². The highest BCUT2D eigenvalue weighted by Crippen LogP contribution is 2.18. The first-order valence-electron chi connectivity index (χ1n) is 6.58. The smallest absolute Gasteiger partial charge is 0.155 e. The van der Waals surface area contributed by atoms with Gasteiger partial charge in [-0.1, -0.05) is 49.5 Å². The summed E-state index contributed by atoms with van der Waals surface area (Å²) in [6, 6.07) is 10.4. The third kappa shape index (κ3) is 3.74. The van der Waals surface area contributed by atoms with Crippen molar-refractivity contribution >= 4 is 23.0 Å². The lowest BCUT2D eigenvalue weighted by molar-refractivity contribution is 0.704. The summed E-state index contributed by atoms with van der Waals surface area (Å²) in [6.45, 7) is 3.01. The highest BCUT2D eigenvalue weighted by Gasteiger charge is 2.08. The van der Waals surface area contributed by atoms with Gasteiger partial charge < -0.3 is 11.1 Å². The number of benzene rings is 1. The van der Waals surface area contributed by atoms with Crippen molar-refractivity contribution in [1.29, 1.82) is 0 Å². The summed E-state index contributed by atoms with van der Waals surface area (Å²) in [5, 5.41) is 3.25. The van der Waals surface area contributed by atoms with E-state index in [1.807, 2.05) is 6.07 Å². The summed E-state index contributed by atoms with van der Waals surface area (Å²) in [6.07, 6.45) is 4.22. The molecule has 5 heteroatoms. The number of rotatable bonds is 6. The van der Waals surface area contributed by atoms with Gasteiger partial charge in [0.15, 0.2) is 5.82 Å². The molecule has 104 valence electrons. The Balaban J connectivity index is 1.92. The molecule has 0 aliphatic rings. The molecule has 1 atom stereocenters. The first-order valence-corrected chi connectivity index (χ1v) is 6.99. The molecule has 0 radical (unpaired) electrons. The van der Waals surface area contributed by atoms with Crippen LogP contribution in [0.1, 0.15) is 30.5 Å². The van der Waals surface area contributed by atoms with E-state index in [2.05, 4.69) is 46.5 Å². The Morgan fingerprint density at radius 2 is 1.95 bits per heavy atom. The number of hydrogen-bond acceptors (Lipinski definition) is 4. The van der Waals surface area contributed by atoms with Gasteiger partial charge in [-0.2, -0.15) is 0 Å². The predicted octanol–water partition coefficient (Wildman–Crippen LogP) is 2.72. The maximum absolute atomic E-state index is 5.63. The molecule has 0 amide bonds. The molecule has 0 saturated heterocycles. The molecular weight excluding hydrogens is 268 g/mol. The van der Waals surface area contributed by atoms with E-state index in [4.69, 9.17) is 18.0 Å². The summed E-state index contributed by atoms with van der Waals surface area (Å²) < 4.78 is 0. The largest absolute Gasteiger partial charge is 0.388 e. The molecule has 2 aromatic rings. The van der Waals surface area contributed by atoms with Crippen LogP contribution in [0.25, 0.3) is 0 Å². The Kier molecular flexibility index (Phi) is 5.01. The molecule has 1 heterocycles. The van der Waals surface area contributed by atoms with Crippen LogP contribution in [0.3, 0.4) is 0 Å². The van der Waals surface area contributed by atoms with E-state index in [1.54, 1.807) is 12.4 Å². The number of hydrogen-bond donors (Lipinski definition) is 2. The second-order valence-corrected chi connectivity index (χ2v) is 5.08. The van der Waals surface area contributed by atoms with Crippen LogP contribution in [0.2, 0.25) is 0 Å². The van der Waals surface area contributed by atoms with Gasteiger partial charge in [-0.25, -0.2) is 9.97 Å². The number of aromatic nitrogens is 2. The van der Waals surface area contributed by atoms with Crippen LogP contribution < -0.4 is 11.1 Å². The van der Waals surface area contributed by atoms with Crippen molar-refractivity contribution in [3.05, 3.63) is 54.0 Å². The zero-order valence-corrected chi connectivity index (χ0v) is 12.2. The molecule has 1 aromatic heterocycles. The predicted molar refractivity (Wildman–Crippen MR) is 85.9 cm³/mol. The molecule has 20 heavy (non-hydrogen) atoms. The third-order valence-corrected chi connectivity index (χ3v) is 3.36. The van der Waals surface area contributed by atoms with E-state index in [1.165, 1.54) is 5.56 Å². The molecule has 0 aliphatic carbocycles. The van der Waals surface area contributed by atoms with Crippen LogP contribution in [0.15, 0.2) is 42.7 Å². The minimum absolute atomic E-state index is 0.261. The number of anilines is 1. The topological polar surface area (TPSA) is 63.8 Å². The maximum atomic E-state index is 5.63. The van der Waals surface area contributed by atoms with E-state index in [0.717, 1.165) is 13.0 Å². The Morgan fingerprint density at radius 3 is 2.65 bits per heavy atom. The molecule has 0 bridgehead atoms. The average Bonchev–Trinajstić information content (AvgIpc) is 2.48. The van der Waals surface area contributed by atoms with E-state index in [-0.39, 0.29) is 4.99 Å². The fourth-order valence-corrected chi connectivity index (χ4v) is 2.15. The van der Waals surface area contributed by atoms with Gasteiger partial charge in [0.25, 0.3) is 0 Å². The molecule has 0 fully saturated rings. The zero-order chi connectivity index (χ0) is 14.4. The van der Waals surface area contributed by atoms with Gasteiger partial charge in [-0.15, -0.1) is 0 Å². The van der Waals surface area contributed by atoms with Crippen molar-refractivity contribution in [2.75, 3.05) is 11.9 Å². The Hall–Kier alpha value is -2.01. The van der Waals surface area contributed by atoms with Crippen LogP contribution >= 0.6 is 12.2 Å². The molecule has 4 nitrogen and oxygen atoms in total. The minimum Gasteiger partial charge on any atom is -0.388 e. The second-order valence-electron chi connectivity index (χ2n) is 4.64. The SMILES string of the molecule is CC(CCNc1nccnc1C(N)=S)c1ccccc1. The number of thiocarbonyl (C=S) groups is 1. The van der Waals surface area contributed by atoms with Crippen molar-refractivity contribution < 1.29 is 0 Å². The van der Waals surface area contributed by atoms with Crippen LogP contribution in [0.4, 0.5) is 5.82 Å². The van der Waals surface area contributed by atoms with Crippen LogP contribution in [-0.2, 0) is 0 Å². The van der Waals surface area contributed by atoms with Crippen LogP contribution in [-0.4, -0.2) is 21.5 Å². The van der Waals surface area contributed by atoms with E-state index < -0.39 is 0 Å². The molecule has 1 unspecified atom stereocenters. The lowest BCUT2D eigenvalue weighted by atomic mass is 9.98.